The average Bonchev–Trinajstić information content (AvgIpc) is 2.03. The Kier molecular flexibility index (Phi) is 3.39. The van der Waals surface area contributed by atoms with E-state index in [0.717, 1.165) is 17.2 Å². The van der Waals surface area contributed by atoms with Crippen molar-refractivity contribution in [1.29, 1.82) is 0 Å². The Morgan fingerprint density at radius 3 is 2.25 bits per heavy atom. The van der Waals surface area contributed by atoms with Crippen LogP contribution in [0, 0.1) is 17.3 Å². The molecule has 0 amide bonds. The van der Waals surface area contributed by atoms with Gasteiger partial charge in [0.25, 0.3) is 0 Å². The smallest absolute Gasteiger partial charge is 0.00943 e. The van der Waals surface area contributed by atoms with E-state index in [0.29, 0.717) is 5.41 Å². The summed E-state index contributed by atoms with van der Waals surface area (Å²) >= 11 is 3.53. The first kappa shape index (κ1) is 10.3. The predicted octanol–water partition coefficient (Wildman–Crippen LogP) is 4.01. The molecule has 0 bridgehead atoms. The minimum absolute atomic E-state index is 0.452. The van der Waals surface area contributed by atoms with E-state index in [-0.39, 0.29) is 0 Å². The van der Waals surface area contributed by atoms with Gasteiger partial charge in [-0.1, -0.05) is 48.9 Å². The van der Waals surface area contributed by atoms with Crippen LogP contribution in [0.3, 0.4) is 0 Å². The van der Waals surface area contributed by atoms with Crippen molar-refractivity contribution in [2.45, 2.75) is 33.6 Å². The molecule has 1 aliphatic rings. The van der Waals surface area contributed by atoms with Crippen LogP contribution < -0.4 is 0 Å². The van der Waals surface area contributed by atoms with Crippen molar-refractivity contribution in [2.24, 2.45) is 17.3 Å². The summed E-state index contributed by atoms with van der Waals surface area (Å²) in [5, 5.41) is 1.13. The molecule has 0 aromatic heterocycles. The van der Waals surface area contributed by atoms with Gasteiger partial charge in [-0.05, 0) is 30.1 Å². The van der Waals surface area contributed by atoms with E-state index in [2.05, 4.69) is 48.9 Å². The van der Waals surface area contributed by atoms with E-state index in [9.17, 15) is 0 Å². The predicted molar refractivity (Wildman–Crippen MR) is 58.6 cm³/mol. The van der Waals surface area contributed by atoms with Gasteiger partial charge < -0.3 is 0 Å². The lowest BCUT2D eigenvalue weighted by atomic mass is 9.74. The molecule has 2 atom stereocenters. The maximum Gasteiger partial charge on any atom is 0.00943 e. The van der Waals surface area contributed by atoms with Crippen molar-refractivity contribution in [2.75, 3.05) is 5.33 Å². The van der Waals surface area contributed by atoms with Crippen LogP contribution in [-0.4, -0.2) is 5.33 Å². The van der Waals surface area contributed by atoms with Crippen LogP contribution in [0.1, 0.15) is 33.6 Å². The van der Waals surface area contributed by atoms with Crippen LogP contribution in [0.4, 0.5) is 0 Å². The van der Waals surface area contributed by atoms with Crippen molar-refractivity contribution >= 4 is 15.9 Å². The molecule has 0 saturated carbocycles. The Morgan fingerprint density at radius 2 is 1.92 bits per heavy atom. The summed E-state index contributed by atoms with van der Waals surface area (Å²) in [6.45, 7) is 6.99. The highest BCUT2D eigenvalue weighted by atomic mass is 79.9. The standard InChI is InChI=1S/C11H19Br/c1-11(2,3)10-6-4-9(8-12)5-7-10/h4,6,9-10H,5,7-8H2,1-3H3. The first-order valence-corrected chi connectivity index (χ1v) is 5.90. The van der Waals surface area contributed by atoms with Crippen molar-refractivity contribution in [1.82, 2.24) is 0 Å². The zero-order valence-electron chi connectivity index (χ0n) is 8.31. The van der Waals surface area contributed by atoms with Crippen molar-refractivity contribution in [3.8, 4) is 0 Å². The van der Waals surface area contributed by atoms with Gasteiger partial charge in [0.1, 0.15) is 0 Å². The summed E-state index contributed by atoms with van der Waals surface area (Å²) in [4.78, 5) is 0. The minimum atomic E-state index is 0.452. The lowest BCUT2D eigenvalue weighted by Gasteiger charge is -2.32. The fourth-order valence-electron chi connectivity index (χ4n) is 1.73. The SMILES string of the molecule is CC(C)(C)C1C=CC(CBr)CC1. The molecule has 0 fully saturated rings. The third kappa shape index (κ3) is 2.62. The average molecular weight is 231 g/mol. The second-order valence-corrected chi connectivity index (χ2v) is 5.50. The van der Waals surface area contributed by atoms with Gasteiger partial charge in [-0.3, -0.25) is 0 Å². The molecule has 1 heteroatoms. The van der Waals surface area contributed by atoms with Crippen molar-refractivity contribution in [3.05, 3.63) is 12.2 Å². The largest absolute Gasteiger partial charge is 0.0922 e. The van der Waals surface area contributed by atoms with Gasteiger partial charge >= 0.3 is 0 Å². The van der Waals surface area contributed by atoms with Crippen LogP contribution >= 0.6 is 15.9 Å². The van der Waals surface area contributed by atoms with E-state index in [4.69, 9.17) is 0 Å². The minimum Gasteiger partial charge on any atom is -0.0922 e. The molecular weight excluding hydrogens is 212 g/mol. The van der Waals surface area contributed by atoms with Crippen LogP contribution in [0.5, 0.6) is 0 Å². The number of hydrogen-bond donors (Lipinski definition) is 0. The molecule has 0 nitrogen and oxygen atoms in total. The molecule has 0 aromatic carbocycles. The van der Waals surface area contributed by atoms with Crippen LogP contribution in [-0.2, 0) is 0 Å². The molecule has 70 valence electrons. The zero-order valence-corrected chi connectivity index (χ0v) is 9.89. The highest BCUT2D eigenvalue weighted by Crippen LogP contribution is 2.35. The van der Waals surface area contributed by atoms with Gasteiger partial charge in [0.05, 0.1) is 0 Å². The summed E-state index contributed by atoms with van der Waals surface area (Å²) in [6, 6.07) is 0. The van der Waals surface area contributed by atoms with Gasteiger partial charge in [0.2, 0.25) is 0 Å². The highest BCUT2D eigenvalue weighted by molar-refractivity contribution is 9.09. The second-order valence-electron chi connectivity index (χ2n) is 4.85. The van der Waals surface area contributed by atoms with Crippen LogP contribution in [0.25, 0.3) is 0 Å². The van der Waals surface area contributed by atoms with E-state index in [1.807, 2.05) is 0 Å². The van der Waals surface area contributed by atoms with Gasteiger partial charge in [0.15, 0.2) is 0 Å². The number of alkyl halides is 1. The molecule has 0 spiro atoms. The molecule has 1 aliphatic carbocycles. The molecule has 2 unspecified atom stereocenters. The third-order valence-electron chi connectivity index (χ3n) is 2.77. The number of hydrogen-bond acceptors (Lipinski definition) is 0. The Labute approximate surface area is 84.6 Å². The normalized spacial score (nSPS) is 30.7. The van der Waals surface area contributed by atoms with Gasteiger partial charge in [-0.15, -0.1) is 0 Å². The lowest BCUT2D eigenvalue weighted by molar-refractivity contribution is 0.257. The Morgan fingerprint density at radius 1 is 1.25 bits per heavy atom. The number of halogens is 1. The zero-order chi connectivity index (χ0) is 9.19. The molecule has 1 rings (SSSR count). The lowest BCUT2D eigenvalue weighted by Crippen LogP contribution is -2.22. The Hall–Kier alpha value is 0.220. The van der Waals surface area contributed by atoms with Crippen LogP contribution in [0.2, 0.25) is 0 Å². The molecular formula is C11H19Br. The monoisotopic (exact) mass is 230 g/mol. The second kappa shape index (κ2) is 3.95. The Bertz CT molecular complexity index is 164. The summed E-state index contributed by atoms with van der Waals surface area (Å²) in [5.74, 6) is 1.57. The summed E-state index contributed by atoms with van der Waals surface area (Å²) in [5.41, 5.74) is 0.452. The quantitative estimate of drug-likeness (QED) is 0.472. The molecule has 12 heavy (non-hydrogen) atoms. The third-order valence-corrected chi connectivity index (χ3v) is 3.61. The number of allylic oxidation sites excluding steroid dienone is 2. The molecule has 0 radical (unpaired) electrons. The topological polar surface area (TPSA) is 0 Å². The molecule has 0 N–H and O–H groups in total. The fourth-order valence-corrected chi connectivity index (χ4v) is 2.27. The molecule has 0 heterocycles. The summed E-state index contributed by atoms with van der Waals surface area (Å²) < 4.78 is 0. The van der Waals surface area contributed by atoms with E-state index in [1.54, 1.807) is 0 Å². The molecule has 0 aliphatic heterocycles. The van der Waals surface area contributed by atoms with E-state index < -0.39 is 0 Å². The molecule has 0 aromatic rings. The Balaban J connectivity index is 2.54. The van der Waals surface area contributed by atoms with E-state index >= 15 is 0 Å². The summed E-state index contributed by atoms with van der Waals surface area (Å²) in [6.07, 6.45) is 7.50. The van der Waals surface area contributed by atoms with E-state index in [1.165, 1.54) is 12.8 Å². The maximum atomic E-state index is 3.53. The number of rotatable bonds is 1. The van der Waals surface area contributed by atoms with Gasteiger partial charge in [-0.2, -0.15) is 0 Å². The summed E-state index contributed by atoms with van der Waals surface area (Å²) in [7, 11) is 0. The van der Waals surface area contributed by atoms with Gasteiger partial charge in [-0.25, -0.2) is 0 Å². The first-order chi connectivity index (χ1) is 5.54. The fraction of sp³-hybridized carbons (Fsp3) is 0.818. The van der Waals surface area contributed by atoms with Crippen LogP contribution in [0.15, 0.2) is 12.2 Å². The highest BCUT2D eigenvalue weighted by Gasteiger charge is 2.25. The molecule has 0 saturated heterocycles. The first-order valence-electron chi connectivity index (χ1n) is 4.78. The van der Waals surface area contributed by atoms with Gasteiger partial charge in [0, 0.05) is 5.33 Å². The van der Waals surface area contributed by atoms with Crippen molar-refractivity contribution < 1.29 is 0 Å². The van der Waals surface area contributed by atoms with Crippen molar-refractivity contribution in [3.63, 3.8) is 0 Å². The maximum absolute atomic E-state index is 3.53.